The lowest BCUT2D eigenvalue weighted by molar-refractivity contribution is -0.151. The van der Waals surface area contributed by atoms with Gasteiger partial charge in [0.15, 0.2) is 0 Å². The first-order chi connectivity index (χ1) is 12.0. The summed E-state index contributed by atoms with van der Waals surface area (Å²) in [5.41, 5.74) is 6.31. The predicted molar refractivity (Wildman–Crippen MR) is 89.9 cm³/mol. The van der Waals surface area contributed by atoms with Gasteiger partial charge in [-0.2, -0.15) is 0 Å². The molecule has 0 bridgehead atoms. The van der Waals surface area contributed by atoms with Gasteiger partial charge in [0.2, 0.25) is 11.8 Å². The van der Waals surface area contributed by atoms with E-state index in [0.717, 1.165) is 24.9 Å². The van der Waals surface area contributed by atoms with E-state index < -0.39 is 11.9 Å². The number of likely N-dealkylation sites (tertiary alicyclic amines) is 1. The van der Waals surface area contributed by atoms with Crippen LogP contribution in [-0.4, -0.2) is 60.5 Å². The van der Waals surface area contributed by atoms with E-state index in [0.29, 0.717) is 26.2 Å². The monoisotopic (exact) mass is 349 g/mol. The minimum atomic E-state index is -0.681. The highest BCUT2D eigenvalue weighted by Crippen LogP contribution is 2.22. The number of carbonyl (C=O) groups is 2. The standard InChI is InChI=1S/C18H24FN3O3/c19-15-5-1-3-13(9-15)10-21-6-2-4-14(11-21)18(24)22-7-8-25-12-16(22)17(20)23/h1,3,5,9,14,16H,2,4,6-8,10-12H2,(H2,20,23)/t14-,16-/m0/s1. The highest BCUT2D eigenvalue weighted by Gasteiger charge is 2.36. The predicted octanol–water partition coefficient (Wildman–Crippen LogP) is 0.750. The van der Waals surface area contributed by atoms with Gasteiger partial charge in [0.25, 0.3) is 0 Å². The summed E-state index contributed by atoms with van der Waals surface area (Å²) in [5, 5.41) is 0. The number of halogens is 1. The molecule has 1 aromatic rings. The normalized spacial score (nSPS) is 24.9. The van der Waals surface area contributed by atoms with Crippen molar-refractivity contribution >= 4 is 11.8 Å². The van der Waals surface area contributed by atoms with E-state index in [2.05, 4.69) is 4.90 Å². The van der Waals surface area contributed by atoms with Crippen LogP contribution in [0.5, 0.6) is 0 Å². The Hall–Kier alpha value is -1.99. The van der Waals surface area contributed by atoms with Crippen LogP contribution in [0.3, 0.4) is 0 Å². The number of primary amides is 1. The van der Waals surface area contributed by atoms with Crippen molar-refractivity contribution in [3.8, 4) is 0 Å². The summed E-state index contributed by atoms with van der Waals surface area (Å²) in [7, 11) is 0. The average molecular weight is 349 g/mol. The summed E-state index contributed by atoms with van der Waals surface area (Å²) < 4.78 is 18.6. The zero-order valence-electron chi connectivity index (χ0n) is 14.2. The number of piperidine rings is 1. The van der Waals surface area contributed by atoms with Crippen molar-refractivity contribution in [1.82, 2.24) is 9.80 Å². The third kappa shape index (κ3) is 4.35. The molecular formula is C18H24FN3O3. The number of carbonyl (C=O) groups excluding carboxylic acids is 2. The van der Waals surface area contributed by atoms with Crippen LogP contribution >= 0.6 is 0 Å². The first-order valence-electron chi connectivity index (χ1n) is 8.69. The number of morpholine rings is 1. The topological polar surface area (TPSA) is 75.9 Å². The minimum Gasteiger partial charge on any atom is -0.377 e. The summed E-state index contributed by atoms with van der Waals surface area (Å²) in [6.45, 7) is 3.09. The van der Waals surface area contributed by atoms with E-state index in [1.807, 2.05) is 6.07 Å². The Kier molecular flexibility index (Phi) is 5.65. The molecule has 1 aromatic carbocycles. The number of hydrogen-bond donors (Lipinski definition) is 1. The molecule has 136 valence electrons. The van der Waals surface area contributed by atoms with Gasteiger partial charge in [-0.15, -0.1) is 0 Å². The van der Waals surface area contributed by atoms with E-state index >= 15 is 0 Å². The highest BCUT2D eigenvalue weighted by atomic mass is 19.1. The van der Waals surface area contributed by atoms with Crippen molar-refractivity contribution in [2.24, 2.45) is 11.7 Å². The molecular weight excluding hydrogens is 325 g/mol. The molecule has 2 heterocycles. The lowest BCUT2D eigenvalue weighted by Gasteiger charge is -2.39. The molecule has 0 spiro atoms. The van der Waals surface area contributed by atoms with Gasteiger partial charge in [-0.25, -0.2) is 4.39 Å². The third-order valence-corrected chi connectivity index (χ3v) is 4.89. The molecule has 2 atom stereocenters. The van der Waals surface area contributed by atoms with Crippen LogP contribution in [0.25, 0.3) is 0 Å². The fourth-order valence-corrected chi connectivity index (χ4v) is 3.63. The van der Waals surface area contributed by atoms with Crippen molar-refractivity contribution in [3.63, 3.8) is 0 Å². The van der Waals surface area contributed by atoms with Crippen molar-refractivity contribution in [2.45, 2.75) is 25.4 Å². The first kappa shape index (κ1) is 17.8. The quantitative estimate of drug-likeness (QED) is 0.870. The molecule has 0 saturated carbocycles. The van der Waals surface area contributed by atoms with E-state index in [1.165, 1.54) is 12.1 Å². The molecule has 2 N–H and O–H groups in total. The molecule has 25 heavy (non-hydrogen) atoms. The van der Waals surface area contributed by atoms with E-state index in [1.54, 1.807) is 11.0 Å². The van der Waals surface area contributed by atoms with Gasteiger partial charge in [0.05, 0.1) is 19.1 Å². The highest BCUT2D eigenvalue weighted by molar-refractivity contribution is 5.88. The van der Waals surface area contributed by atoms with Crippen LogP contribution in [0.4, 0.5) is 4.39 Å². The van der Waals surface area contributed by atoms with Gasteiger partial charge in [-0.05, 0) is 37.1 Å². The number of hydrogen-bond acceptors (Lipinski definition) is 4. The van der Waals surface area contributed by atoms with Crippen LogP contribution in [0.1, 0.15) is 18.4 Å². The van der Waals surface area contributed by atoms with Crippen LogP contribution in [0.2, 0.25) is 0 Å². The number of nitrogens with zero attached hydrogens (tertiary/aromatic N) is 2. The molecule has 0 aromatic heterocycles. The van der Waals surface area contributed by atoms with Crippen LogP contribution in [0, 0.1) is 11.7 Å². The maximum Gasteiger partial charge on any atom is 0.242 e. The van der Waals surface area contributed by atoms with E-state index in [4.69, 9.17) is 10.5 Å². The molecule has 6 nitrogen and oxygen atoms in total. The molecule has 7 heteroatoms. The Balaban J connectivity index is 1.64. The van der Waals surface area contributed by atoms with Crippen molar-refractivity contribution < 1.29 is 18.7 Å². The van der Waals surface area contributed by atoms with Gasteiger partial charge < -0.3 is 15.4 Å². The van der Waals surface area contributed by atoms with Gasteiger partial charge in [0, 0.05) is 19.6 Å². The maximum atomic E-state index is 13.4. The zero-order chi connectivity index (χ0) is 17.8. The third-order valence-electron chi connectivity index (χ3n) is 4.89. The molecule has 2 saturated heterocycles. The molecule has 2 aliphatic rings. The SMILES string of the molecule is NC(=O)[C@@H]1COCCN1C(=O)[C@H]1CCCN(Cc2cccc(F)c2)C1. The van der Waals surface area contributed by atoms with Gasteiger partial charge in [-0.1, -0.05) is 12.1 Å². The fraction of sp³-hybridized carbons (Fsp3) is 0.556. The fourth-order valence-electron chi connectivity index (χ4n) is 3.63. The number of ether oxygens (including phenoxy) is 1. The Labute approximate surface area is 146 Å². The van der Waals surface area contributed by atoms with E-state index in [-0.39, 0.29) is 24.2 Å². The molecule has 2 aliphatic heterocycles. The Bertz CT molecular complexity index is 640. The first-order valence-corrected chi connectivity index (χ1v) is 8.69. The summed E-state index contributed by atoms with van der Waals surface area (Å²) in [6.07, 6.45) is 1.69. The largest absolute Gasteiger partial charge is 0.377 e. The molecule has 0 aliphatic carbocycles. The lowest BCUT2D eigenvalue weighted by atomic mass is 9.95. The maximum absolute atomic E-state index is 13.4. The number of nitrogens with two attached hydrogens (primary N) is 1. The van der Waals surface area contributed by atoms with Gasteiger partial charge in [-0.3, -0.25) is 14.5 Å². The number of rotatable bonds is 4. The van der Waals surface area contributed by atoms with Crippen molar-refractivity contribution in [2.75, 3.05) is 32.8 Å². The molecule has 3 rings (SSSR count). The molecule has 2 fully saturated rings. The smallest absolute Gasteiger partial charge is 0.242 e. The van der Waals surface area contributed by atoms with Gasteiger partial charge >= 0.3 is 0 Å². The number of benzene rings is 1. The minimum absolute atomic E-state index is 0.0314. The summed E-state index contributed by atoms with van der Waals surface area (Å²) in [4.78, 5) is 28.2. The second-order valence-electron chi connectivity index (χ2n) is 6.73. The van der Waals surface area contributed by atoms with Crippen LogP contribution in [0.15, 0.2) is 24.3 Å². The Morgan fingerprint density at radius 1 is 1.32 bits per heavy atom. The number of amides is 2. The second kappa shape index (κ2) is 7.93. The summed E-state index contributed by atoms with van der Waals surface area (Å²) in [6, 6.07) is 5.85. The van der Waals surface area contributed by atoms with Crippen molar-refractivity contribution in [1.29, 1.82) is 0 Å². The van der Waals surface area contributed by atoms with Crippen LogP contribution < -0.4 is 5.73 Å². The Morgan fingerprint density at radius 3 is 2.92 bits per heavy atom. The summed E-state index contributed by atoms with van der Waals surface area (Å²) >= 11 is 0. The zero-order valence-corrected chi connectivity index (χ0v) is 14.2. The Morgan fingerprint density at radius 2 is 2.16 bits per heavy atom. The average Bonchev–Trinajstić information content (AvgIpc) is 2.61. The molecule has 0 unspecified atom stereocenters. The van der Waals surface area contributed by atoms with E-state index in [9.17, 15) is 14.0 Å². The van der Waals surface area contributed by atoms with Crippen LogP contribution in [-0.2, 0) is 20.9 Å². The molecule has 0 radical (unpaired) electrons. The van der Waals surface area contributed by atoms with Crippen molar-refractivity contribution in [3.05, 3.63) is 35.6 Å². The summed E-state index contributed by atoms with van der Waals surface area (Å²) in [5.74, 6) is -0.974. The lowest BCUT2D eigenvalue weighted by Crippen LogP contribution is -2.57. The second-order valence-corrected chi connectivity index (χ2v) is 6.73. The van der Waals surface area contributed by atoms with Gasteiger partial charge in [0.1, 0.15) is 11.9 Å². The molecule has 2 amide bonds.